The van der Waals surface area contributed by atoms with Gasteiger partial charge in [0, 0.05) is 30.1 Å². The standard InChI is InChI=1S/C17H32N2O/c1-4-20-16-12-15(17(16)8-5-6-9-17)18-14-7-10-19(3)13(2)11-14/h13-16,18H,4-12H2,1-3H3. The average molecular weight is 280 g/mol. The molecule has 4 unspecified atom stereocenters. The summed E-state index contributed by atoms with van der Waals surface area (Å²) in [5, 5.41) is 4.02. The van der Waals surface area contributed by atoms with Gasteiger partial charge in [-0.25, -0.2) is 0 Å². The van der Waals surface area contributed by atoms with Gasteiger partial charge < -0.3 is 15.0 Å². The lowest BCUT2D eigenvalue weighted by Crippen LogP contribution is -2.65. The number of rotatable bonds is 4. The predicted octanol–water partition coefficient (Wildman–Crippen LogP) is 2.80. The summed E-state index contributed by atoms with van der Waals surface area (Å²) in [6.45, 7) is 6.63. The third-order valence-electron chi connectivity index (χ3n) is 6.33. The van der Waals surface area contributed by atoms with Crippen LogP contribution in [-0.2, 0) is 4.74 Å². The molecule has 3 heteroatoms. The summed E-state index contributed by atoms with van der Waals surface area (Å²) in [4.78, 5) is 2.49. The van der Waals surface area contributed by atoms with E-state index in [4.69, 9.17) is 4.74 Å². The summed E-state index contributed by atoms with van der Waals surface area (Å²) >= 11 is 0. The summed E-state index contributed by atoms with van der Waals surface area (Å²) < 4.78 is 6.02. The summed E-state index contributed by atoms with van der Waals surface area (Å²) in [6.07, 6.45) is 9.99. The maximum atomic E-state index is 6.02. The second-order valence-corrected chi connectivity index (χ2v) is 7.39. The lowest BCUT2D eigenvalue weighted by molar-refractivity contribution is -0.134. The van der Waals surface area contributed by atoms with E-state index in [-0.39, 0.29) is 0 Å². The van der Waals surface area contributed by atoms with Crippen LogP contribution < -0.4 is 5.32 Å². The number of nitrogens with one attached hydrogen (secondary N) is 1. The minimum Gasteiger partial charge on any atom is -0.378 e. The molecule has 20 heavy (non-hydrogen) atoms. The Morgan fingerprint density at radius 3 is 2.65 bits per heavy atom. The molecular weight excluding hydrogens is 248 g/mol. The molecule has 116 valence electrons. The van der Waals surface area contributed by atoms with Crippen molar-refractivity contribution in [1.82, 2.24) is 10.2 Å². The van der Waals surface area contributed by atoms with Crippen LogP contribution in [0.25, 0.3) is 0 Å². The van der Waals surface area contributed by atoms with Crippen molar-refractivity contribution in [1.29, 1.82) is 0 Å². The summed E-state index contributed by atoms with van der Waals surface area (Å²) in [5.41, 5.74) is 0.489. The number of hydrogen-bond acceptors (Lipinski definition) is 3. The molecule has 0 aromatic heterocycles. The first-order valence-electron chi connectivity index (χ1n) is 8.73. The van der Waals surface area contributed by atoms with Crippen molar-refractivity contribution in [2.75, 3.05) is 20.2 Å². The molecule has 1 N–H and O–H groups in total. The molecule has 2 aliphatic carbocycles. The van der Waals surface area contributed by atoms with Crippen LogP contribution in [0.2, 0.25) is 0 Å². The molecule has 4 atom stereocenters. The van der Waals surface area contributed by atoms with E-state index in [0.717, 1.165) is 24.7 Å². The van der Waals surface area contributed by atoms with Crippen molar-refractivity contribution in [3.05, 3.63) is 0 Å². The molecule has 0 amide bonds. The summed E-state index contributed by atoms with van der Waals surface area (Å²) in [6, 6.07) is 2.18. The molecule has 0 aromatic carbocycles. The van der Waals surface area contributed by atoms with E-state index in [1.165, 1.54) is 51.5 Å². The van der Waals surface area contributed by atoms with Crippen LogP contribution in [0.3, 0.4) is 0 Å². The van der Waals surface area contributed by atoms with Gasteiger partial charge in [0.25, 0.3) is 0 Å². The summed E-state index contributed by atoms with van der Waals surface area (Å²) in [5.74, 6) is 0. The first kappa shape index (κ1) is 14.8. The van der Waals surface area contributed by atoms with Crippen molar-refractivity contribution < 1.29 is 4.74 Å². The molecule has 1 aliphatic heterocycles. The van der Waals surface area contributed by atoms with E-state index in [9.17, 15) is 0 Å². The van der Waals surface area contributed by atoms with E-state index < -0.39 is 0 Å². The zero-order valence-electron chi connectivity index (χ0n) is 13.5. The first-order valence-corrected chi connectivity index (χ1v) is 8.73. The normalized spacial score (nSPS) is 41.0. The van der Waals surface area contributed by atoms with Crippen molar-refractivity contribution in [2.24, 2.45) is 5.41 Å². The Morgan fingerprint density at radius 1 is 1.25 bits per heavy atom. The molecule has 3 aliphatic rings. The zero-order chi connectivity index (χ0) is 14.2. The SMILES string of the molecule is CCOC1CC(NC2CCN(C)C(C)C2)C12CCCC2. The van der Waals surface area contributed by atoms with Gasteiger partial charge in [0.1, 0.15) is 0 Å². The van der Waals surface area contributed by atoms with Crippen LogP contribution in [0.4, 0.5) is 0 Å². The maximum absolute atomic E-state index is 6.02. The Kier molecular flexibility index (Phi) is 4.40. The lowest BCUT2D eigenvalue weighted by Gasteiger charge is -2.56. The molecule has 0 bridgehead atoms. The highest BCUT2D eigenvalue weighted by molar-refractivity contribution is 5.10. The Hall–Kier alpha value is -0.120. The average Bonchev–Trinajstić information content (AvgIpc) is 2.94. The highest BCUT2D eigenvalue weighted by Crippen LogP contribution is 2.55. The van der Waals surface area contributed by atoms with Gasteiger partial charge in [0.2, 0.25) is 0 Å². The van der Waals surface area contributed by atoms with E-state index >= 15 is 0 Å². The topological polar surface area (TPSA) is 24.5 Å². The van der Waals surface area contributed by atoms with Gasteiger partial charge in [-0.3, -0.25) is 0 Å². The van der Waals surface area contributed by atoms with E-state index in [0.29, 0.717) is 11.5 Å². The highest BCUT2D eigenvalue weighted by Gasteiger charge is 2.56. The molecule has 1 heterocycles. The largest absolute Gasteiger partial charge is 0.378 e. The highest BCUT2D eigenvalue weighted by atomic mass is 16.5. The monoisotopic (exact) mass is 280 g/mol. The van der Waals surface area contributed by atoms with Crippen LogP contribution in [0.5, 0.6) is 0 Å². The van der Waals surface area contributed by atoms with Gasteiger partial charge in [-0.05, 0) is 59.5 Å². The van der Waals surface area contributed by atoms with Crippen LogP contribution in [0, 0.1) is 5.41 Å². The van der Waals surface area contributed by atoms with E-state index in [2.05, 4.69) is 31.1 Å². The van der Waals surface area contributed by atoms with Gasteiger partial charge in [-0.1, -0.05) is 12.8 Å². The van der Waals surface area contributed by atoms with Crippen LogP contribution in [0.1, 0.15) is 58.8 Å². The fourth-order valence-corrected chi connectivity index (χ4v) is 4.85. The Labute approximate surface area is 124 Å². The number of nitrogens with zero attached hydrogens (tertiary/aromatic N) is 1. The molecule has 3 rings (SSSR count). The Balaban J connectivity index is 1.58. The number of likely N-dealkylation sites (tertiary alicyclic amines) is 1. The van der Waals surface area contributed by atoms with Crippen molar-refractivity contribution in [3.8, 4) is 0 Å². The maximum Gasteiger partial charge on any atom is 0.0661 e. The molecule has 3 fully saturated rings. The Bertz CT molecular complexity index is 327. The fraction of sp³-hybridized carbons (Fsp3) is 1.00. The van der Waals surface area contributed by atoms with Crippen LogP contribution >= 0.6 is 0 Å². The van der Waals surface area contributed by atoms with Gasteiger partial charge in [0.05, 0.1) is 6.10 Å². The molecule has 0 aromatic rings. The molecule has 1 spiro atoms. The second kappa shape index (κ2) is 5.94. The quantitative estimate of drug-likeness (QED) is 0.857. The van der Waals surface area contributed by atoms with Crippen molar-refractivity contribution in [3.63, 3.8) is 0 Å². The van der Waals surface area contributed by atoms with Gasteiger partial charge >= 0.3 is 0 Å². The Morgan fingerprint density at radius 2 is 2.00 bits per heavy atom. The molecule has 1 saturated heterocycles. The lowest BCUT2D eigenvalue weighted by atomic mass is 9.60. The van der Waals surface area contributed by atoms with Gasteiger partial charge in [0.15, 0.2) is 0 Å². The number of ether oxygens (including phenoxy) is 1. The zero-order valence-corrected chi connectivity index (χ0v) is 13.5. The minimum absolute atomic E-state index is 0.489. The smallest absolute Gasteiger partial charge is 0.0661 e. The predicted molar refractivity (Wildman–Crippen MR) is 83.0 cm³/mol. The summed E-state index contributed by atoms with van der Waals surface area (Å²) in [7, 11) is 2.26. The van der Waals surface area contributed by atoms with E-state index in [1.54, 1.807) is 0 Å². The van der Waals surface area contributed by atoms with Crippen molar-refractivity contribution >= 4 is 0 Å². The first-order chi connectivity index (χ1) is 9.65. The number of hydrogen-bond donors (Lipinski definition) is 1. The molecule has 0 radical (unpaired) electrons. The van der Waals surface area contributed by atoms with Gasteiger partial charge in [-0.2, -0.15) is 0 Å². The second-order valence-electron chi connectivity index (χ2n) is 7.39. The van der Waals surface area contributed by atoms with Crippen LogP contribution in [0.15, 0.2) is 0 Å². The van der Waals surface area contributed by atoms with E-state index in [1.807, 2.05) is 0 Å². The third-order valence-corrected chi connectivity index (χ3v) is 6.33. The molecular formula is C17H32N2O. The van der Waals surface area contributed by atoms with Gasteiger partial charge in [-0.15, -0.1) is 0 Å². The molecule has 3 nitrogen and oxygen atoms in total. The molecule has 2 saturated carbocycles. The van der Waals surface area contributed by atoms with Crippen LogP contribution in [-0.4, -0.2) is 49.3 Å². The van der Waals surface area contributed by atoms with Crippen molar-refractivity contribution in [2.45, 2.75) is 83.0 Å². The fourth-order valence-electron chi connectivity index (χ4n) is 4.85. The minimum atomic E-state index is 0.489. The number of piperidine rings is 1. The third kappa shape index (κ3) is 2.53.